The molecule has 0 aliphatic carbocycles. The van der Waals surface area contributed by atoms with Crippen LogP contribution < -0.4 is 16.4 Å². The number of nitrogens with zero attached hydrogens (tertiary/aromatic N) is 2. The highest BCUT2D eigenvalue weighted by Gasteiger charge is 2.38. The molecule has 15 heteroatoms. The first-order chi connectivity index (χ1) is 13.4. The van der Waals surface area contributed by atoms with Crippen molar-refractivity contribution in [1.82, 2.24) is 25.5 Å². The van der Waals surface area contributed by atoms with Crippen LogP contribution in [0.1, 0.15) is 25.5 Å². The number of imidazole rings is 1. The lowest BCUT2D eigenvalue weighted by molar-refractivity contribution is -0.141. The molecule has 2 fully saturated rings. The lowest BCUT2D eigenvalue weighted by Gasteiger charge is -2.30. The number of nitrogens with two attached hydrogens (primary N) is 1. The third-order valence-electron chi connectivity index (χ3n) is 4.97. The van der Waals surface area contributed by atoms with E-state index < -0.39 is 29.9 Å². The van der Waals surface area contributed by atoms with Gasteiger partial charge in [-0.2, -0.15) is 0 Å². The highest BCUT2D eigenvalue weighted by atomic mass is 32.2. The van der Waals surface area contributed by atoms with Gasteiger partial charge in [-0.05, 0) is 19.8 Å². The number of rotatable bonds is 6. The second kappa shape index (κ2) is 13.6. The summed E-state index contributed by atoms with van der Waals surface area (Å²) >= 11 is 1.39. The predicted octanol–water partition coefficient (Wildman–Crippen LogP) is -4.77. The van der Waals surface area contributed by atoms with Crippen LogP contribution in [0.3, 0.4) is 0 Å². The summed E-state index contributed by atoms with van der Waals surface area (Å²) in [4.78, 5) is 57.6. The normalized spacial score (nSPS) is 22.6. The number of primary amides is 1. The molecular weight excluding hydrogens is 448 g/mol. The van der Waals surface area contributed by atoms with Gasteiger partial charge in [-0.25, -0.2) is 4.98 Å². The molecule has 32 heavy (non-hydrogen) atoms. The summed E-state index contributed by atoms with van der Waals surface area (Å²) < 4.78 is 0. The second-order valence-corrected chi connectivity index (χ2v) is 8.34. The average Bonchev–Trinajstić information content (AvgIpc) is 3.34. The van der Waals surface area contributed by atoms with Crippen molar-refractivity contribution in [2.45, 2.75) is 49.6 Å². The van der Waals surface area contributed by atoms with Crippen LogP contribution in [-0.4, -0.2) is 96.1 Å². The summed E-state index contributed by atoms with van der Waals surface area (Å²) in [5, 5.41) is 5.20. The Morgan fingerprint density at radius 1 is 1.31 bits per heavy atom. The van der Waals surface area contributed by atoms with E-state index in [4.69, 9.17) is 5.73 Å². The second-order valence-electron chi connectivity index (χ2n) is 6.97. The number of aromatic amines is 1. The quantitative estimate of drug-likeness (QED) is 0.310. The maximum absolute atomic E-state index is 13.1. The van der Waals surface area contributed by atoms with Gasteiger partial charge in [-0.1, -0.05) is 0 Å². The highest BCUT2D eigenvalue weighted by molar-refractivity contribution is 8.00. The molecular formula is C17H32N6O8S. The summed E-state index contributed by atoms with van der Waals surface area (Å²) in [6, 6.07) is -2.27. The van der Waals surface area contributed by atoms with Crippen molar-refractivity contribution in [3.8, 4) is 0 Å². The zero-order valence-electron chi connectivity index (χ0n) is 17.5. The van der Waals surface area contributed by atoms with Gasteiger partial charge < -0.3 is 48.2 Å². The molecule has 0 bridgehead atoms. The number of nitrogens with one attached hydrogen (secondary N) is 3. The molecule has 0 saturated carbocycles. The van der Waals surface area contributed by atoms with Crippen molar-refractivity contribution in [2.75, 3.05) is 12.3 Å². The Kier molecular flexibility index (Phi) is 13.4. The summed E-state index contributed by atoms with van der Waals surface area (Å²) in [5.74, 6) is -1.13. The molecule has 4 amide bonds. The van der Waals surface area contributed by atoms with Crippen LogP contribution in [0.4, 0.5) is 0 Å². The fraction of sp³-hybridized carbons (Fsp3) is 0.588. The number of hydrogen-bond acceptors (Lipinski definition) is 6. The van der Waals surface area contributed by atoms with Crippen molar-refractivity contribution in [2.24, 2.45) is 5.73 Å². The summed E-state index contributed by atoms with van der Waals surface area (Å²) in [7, 11) is 0. The standard InChI is InChI=1S/C17H24N6O4S.4H2O/c1-9-15(25)22-12(7-28-9)16(26)21-11(5-10-6-19-8-20-10)17(27)23-4-2-3-13(23)14(18)24;;;;/h6,8-9,11-13H,2-5,7H2,1H3,(H2,18,24)(H,19,20)(H,21,26)(H,22,25);4*1H2. The van der Waals surface area contributed by atoms with Gasteiger partial charge in [0.15, 0.2) is 0 Å². The van der Waals surface area contributed by atoms with Gasteiger partial charge in [0.2, 0.25) is 23.6 Å². The lowest BCUT2D eigenvalue weighted by Crippen LogP contribution is -2.59. The molecule has 0 radical (unpaired) electrons. The molecule has 1 aromatic rings. The van der Waals surface area contributed by atoms with E-state index in [1.54, 1.807) is 13.1 Å². The number of amides is 4. The van der Waals surface area contributed by atoms with E-state index in [1.165, 1.54) is 23.0 Å². The fourth-order valence-corrected chi connectivity index (χ4v) is 4.34. The number of likely N-dealkylation sites (tertiary alicyclic amines) is 1. The first kappa shape index (κ1) is 31.5. The van der Waals surface area contributed by atoms with Gasteiger partial charge in [-0.15, -0.1) is 11.8 Å². The molecule has 4 atom stereocenters. The summed E-state index contributed by atoms with van der Waals surface area (Å²) in [5.41, 5.74) is 6.09. The summed E-state index contributed by atoms with van der Waals surface area (Å²) in [6.45, 7) is 2.19. The van der Waals surface area contributed by atoms with Crippen LogP contribution in [0, 0.1) is 0 Å². The number of carbonyl (C=O) groups is 4. The highest BCUT2D eigenvalue weighted by Crippen LogP contribution is 2.20. The molecule has 0 spiro atoms. The third-order valence-corrected chi connectivity index (χ3v) is 6.21. The van der Waals surface area contributed by atoms with Crippen molar-refractivity contribution in [3.63, 3.8) is 0 Å². The van der Waals surface area contributed by atoms with Crippen LogP contribution in [-0.2, 0) is 25.6 Å². The zero-order chi connectivity index (χ0) is 20.3. The average molecular weight is 481 g/mol. The Morgan fingerprint density at radius 2 is 2.00 bits per heavy atom. The first-order valence-corrected chi connectivity index (χ1v) is 10.2. The predicted molar refractivity (Wildman–Crippen MR) is 116 cm³/mol. The van der Waals surface area contributed by atoms with Crippen molar-refractivity contribution < 1.29 is 41.1 Å². The minimum atomic E-state index is -0.894. The van der Waals surface area contributed by atoms with E-state index in [1.807, 2.05) is 0 Å². The molecule has 1 aromatic heterocycles. The summed E-state index contributed by atoms with van der Waals surface area (Å²) in [6.07, 6.45) is 4.44. The van der Waals surface area contributed by atoms with Crippen molar-refractivity contribution in [1.29, 1.82) is 0 Å². The van der Waals surface area contributed by atoms with Gasteiger partial charge in [0.05, 0.1) is 11.6 Å². The monoisotopic (exact) mass is 480 g/mol. The Bertz CT molecular complexity index is 764. The van der Waals surface area contributed by atoms with Crippen LogP contribution in [0.5, 0.6) is 0 Å². The number of hydrogen-bond donors (Lipinski definition) is 4. The van der Waals surface area contributed by atoms with E-state index in [0.717, 1.165) is 0 Å². The number of thioether (sulfide) groups is 1. The molecule has 3 heterocycles. The number of carbonyl (C=O) groups excluding carboxylic acids is 4. The molecule has 4 unspecified atom stereocenters. The minimum absolute atomic E-state index is 0. The topological polar surface area (TPSA) is 276 Å². The van der Waals surface area contributed by atoms with Crippen LogP contribution in [0.25, 0.3) is 0 Å². The first-order valence-electron chi connectivity index (χ1n) is 9.16. The molecule has 3 rings (SSSR count). The molecule has 13 N–H and O–H groups in total. The fourth-order valence-electron chi connectivity index (χ4n) is 3.40. The Balaban J connectivity index is 0. The van der Waals surface area contributed by atoms with E-state index in [-0.39, 0.29) is 45.4 Å². The van der Waals surface area contributed by atoms with Gasteiger partial charge in [0, 0.05) is 30.6 Å². The Labute approximate surface area is 188 Å². The minimum Gasteiger partial charge on any atom is -0.412 e. The SMILES string of the molecule is CC1SCC(C(=O)NC(Cc2cnc[nH]2)C(=O)N2CCCC2C(N)=O)NC1=O.O.O.O.O. The van der Waals surface area contributed by atoms with E-state index in [0.29, 0.717) is 30.8 Å². The molecule has 0 aromatic carbocycles. The number of aromatic nitrogens is 2. The van der Waals surface area contributed by atoms with Crippen molar-refractivity contribution >= 4 is 35.4 Å². The number of H-pyrrole nitrogens is 1. The van der Waals surface area contributed by atoms with Gasteiger partial charge >= 0.3 is 0 Å². The van der Waals surface area contributed by atoms with Crippen LogP contribution in [0.15, 0.2) is 12.5 Å². The smallest absolute Gasteiger partial charge is 0.246 e. The van der Waals surface area contributed by atoms with Gasteiger partial charge in [-0.3, -0.25) is 19.2 Å². The van der Waals surface area contributed by atoms with Crippen LogP contribution in [0.2, 0.25) is 0 Å². The maximum Gasteiger partial charge on any atom is 0.246 e. The lowest BCUT2D eigenvalue weighted by atomic mass is 10.1. The Morgan fingerprint density at radius 3 is 2.56 bits per heavy atom. The molecule has 14 nitrogen and oxygen atoms in total. The van der Waals surface area contributed by atoms with Crippen molar-refractivity contribution in [3.05, 3.63) is 18.2 Å². The van der Waals surface area contributed by atoms with Gasteiger partial charge in [0.25, 0.3) is 0 Å². The third kappa shape index (κ3) is 7.16. The van der Waals surface area contributed by atoms with E-state index >= 15 is 0 Å². The molecule has 2 saturated heterocycles. The Hall–Kier alpha value is -2.72. The van der Waals surface area contributed by atoms with Crippen LogP contribution >= 0.6 is 11.8 Å². The maximum atomic E-state index is 13.1. The zero-order valence-corrected chi connectivity index (χ0v) is 18.3. The van der Waals surface area contributed by atoms with Gasteiger partial charge in [0.1, 0.15) is 18.1 Å². The molecule has 2 aliphatic heterocycles. The largest absolute Gasteiger partial charge is 0.412 e. The molecule has 184 valence electrons. The molecule has 2 aliphatic rings. The van der Waals surface area contributed by atoms with E-state index in [2.05, 4.69) is 20.6 Å². The van der Waals surface area contributed by atoms with E-state index in [9.17, 15) is 19.2 Å².